The third-order valence-corrected chi connectivity index (χ3v) is 9.96. The molecule has 0 aliphatic heterocycles. The summed E-state index contributed by atoms with van der Waals surface area (Å²) in [6.07, 6.45) is 8.59. The number of nitrogens with zero attached hydrogens (tertiary/aromatic N) is 17. The molecular weight excluding hydrogens is 2620 g/mol. The Morgan fingerprint density at radius 1 is 0.559 bits per heavy atom. The second-order valence-electron chi connectivity index (χ2n) is 16.0. The van der Waals surface area contributed by atoms with Gasteiger partial charge < -0.3 is 75.8 Å². The monoisotopic (exact) mass is 2720 g/mol. The molecule has 0 aromatic carbocycles. The van der Waals surface area contributed by atoms with Crippen molar-refractivity contribution < 1.29 is 73.6 Å². The normalized spacial score (nSPS) is 9.11. The Kier molecular flexibility index (Phi) is 128. The predicted octanol–water partition coefficient (Wildman–Crippen LogP) is 16.1. The van der Waals surface area contributed by atoms with E-state index in [-0.39, 0.29) is 107 Å². The number of hydrogen-bond acceptors (Lipinski definition) is 31. The van der Waals surface area contributed by atoms with Crippen LogP contribution in [0.3, 0.4) is 0 Å². The number of aromatic nitrogens is 15. The number of hydrogen-bond donors (Lipinski definition) is 9. The van der Waals surface area contributed by atoms with E-state index in [1.807, 2.05) is 27.7 Å². The number of hydroxylamine groups is 3. The van der Waals surface area contributed by atoms with Crippen molar-refractivity contribution in [2.45, 2.75) is 131 Å². The summed E-state index contributed by atoms with van der Waals surface area (Å²) in [5.41, 5.74) is 24.3. The van der Waals surface area contributed by atoms with Crippen molar-refractivity contribution >= 4 is 322 Å². The second kappa shape index (κ2) is 99.0. The first-order valence-electron chi connectivity index (χ1n) is 28.4. The zero-order valence-electron chi connectivity index (χ0n) is 60.3. The first-order valence-corrected chi connectivity index (χ1v) is 68.4. The molecule has 102 heavy (non-hydrogen) atoms. The van der Waals surface area contributed by atoms with Crippen molar-refractivity contribution in [1.29, 1.82) is 0 Å². The number of carbonyl (C=O) groups is 1. The van der Waals surface area contributed by atoms with Crippen LogP contribution in [-0.2, 0) is 38.6 Å². The van der Waals surface area contributed by atoms with Gasteiger partial charge in [0.2, 0.25) is 78.6 Å². The first kappa shape index (κ1) is 132. The van der Waals surface area contributed by atoms with E-state index in [0.29, 0.717) is 51.6 Å². The van der Waals surface area contributed by atoms with Crippen molar-refractivity contribution in [2.24, 2.45) is 5.73 Å². The third-order valence-electron chi connectivity index (χ3n) is 7.80. The van der Waals surface area contributed by atoms with Gasteiger partial charge in [-0.05, 0) is 126 Å². The molecule has 0 amide bonds. The third kappa shape index (κ3) is 110. The minimum absolute atomic E-state index is 0. The van der Waals surface area contributed by atoms with Crippen LogP contribution in [0.5, 0.6) is 0 Å². The predicted molar refractivity (Wildman–Crippen MR) is 495 cm³/mol. The smallest absolute Gasteiger partial charge is 0.870 e. The maximum Gasteiger partial charge on any atom is 1.00 e. The van der Waals surface area contributed by atoms with Crippen molar-refractivity contribution in [1.82, 2.24) is 80.2 Å². The molecule has 1 unspecified atom stereocenters. The zero-order valence-corrected chi connectivity index (χ0v) is 91.2. The fourth-order valence-corrected chi connectivity index (χ4v) is 4.60. The maximum atomic E-state index is 9.58. The van der Waals surface area contributed by atoms with Crippen molar-refractivity contribution in [3.63, 3.8) is 0 Å². The van der Waals surface area contributed by atoms with Gasteiger partial charge in [-0.15, -0.1) is 0 Å². The van der Waals surface area contributed by atoms with Gasteiger partial charge in [0.25, 0.3) is 11.9 Å². The molecule has 0 saturated carbocycles. The number of anilines is 9. The van der Waals surface area contributed by atoms with E-state index in [1.54, 1.807) is 42.3 Å². The summed E-state index contributed by atoms with van der Waals surface area (Å²) < 4.78 is 0.854. The van der Waals surface area contributed by atoms with Gasteiger partial charge >= 0.3 is 209 Å². The van der Waals surface area contributed by atoms with Gasteiger partial charge in [-0.2, -0.15) is 87.6 Å². The Bertz CT molecular complexity index is 2470. The van der Waals surface area contributed by atoms with E-state index in [9.17, 15) is 4.79 Å². The maximum absolute atomic E-state index is 9.58. The molecule has 0 aliphatic carbocycles. The van der Waals surface area contributed by atoms with E-state index in [2.05, 4.69) is 344 Å². The standard InChI is InChI=1S/C12H22N6O.C8H16N6O.C6H10ClN5.C4H9I.C3Cl3N3.C3H2Cl2N4.C3H5ClO.C3H9N.2C3H7.C2H7NO.CH3.8HI.Na.H2O.3V/c1-6-8-13-10-15-11(14-9(3)7-2)17-12(16-10)18(4)19-5;1-4-5-10-7-11-6(9)12-8(13-7)14(2)15-3;1-2-3-9-6-11-4(7)10-5(8)12-6;1-3-4(2)5;2*4-1-7-2(5)9-3(6)8-1;1-2-3(4)5;1-2-3-4;2*1-3-2;1-3-4-2;;;;;;;;;;;;;;/h3,6-8H2,1-2,4-5H3,(H2,13,14,15,16,17);4-5H2,1-3H3,(H3,9,10,11,12,13);2-3H2,1H3,(H3,8,9,10,11,12);4H,3H2,1-2H3;;(H2,6,7,8,9);2H2,1H3;2-4H2,1H3;2*1,3H2,2H3;3H,1-2H3;1H3;8*1H;;1H2;;;/q;;;;;;;;2*-1;;-1;;;;;;;;;+1;;+2;2*+3/p-9. The van der Waals surface area contributed by atoms with Gasteiger partial charge in [0, 0.05) is 56.8 Å². The molecule has 0 aliphatic rings. The summed E-state index contributed by atoms with van der Waals surface area (Å²) >= 11 is 58.9. The van der Waals surface area contributed by atoms with Crippen LogP contribution in [0, 0.1) is 21.3 Å². The molecule has 5 aromatic rings. The fraction of sp³-hybridized carbons (Fsp3) is 0.588. The molecule has 593 valence electrons. The topological polar surface area (TPSA) is 439 Å². The Hall–Kier alpha value is 3.77. The van der Waals surface area contributed by atoms with E-state index in [1.165, 1.54) is 23.7 Å². The molecule has 0 bridgehead atoms. The second-order valence-corrected chi connectivity index (χ2v) is 103. The molecule has 51 heteroatoms. The molecule has 1 atom stereocenters. The number of nitrogen functional groups attached to an aromatic ring is 3. The summed E-state index contributed by atoms with van der Waals surface area (Å²) in [6, 6.07) is 0. The molecule has 0 fully saturated rings. The summed E-state index contributed by atoms with van der Waals surface area (Å²) in [6.45, 7) is 34.4. The van der Waals surface area contributed by atoms with Gasteiger partial charge in [-0.25, -0.2) is 15.6 Å². The van der Waals surface area contributed by atoms with Crippen LogP contribution in [0.1, 0.15) is 127 Å². The fourth-order valence-electron chi connectivity index (χ4n) is 3.45. The Balaban J connectivity index is -0.0000000894. The summed E-state index contributed by atoms with van der Waals surface area (Å²) in [5, 5.41) is 14.9. The Morgan fingerprint density at radius 2 is 0.794 bits per heavy atom. The quantitative estimate of drug-likeness (QED) is 0.00872. The average molecular weight is 2720 g/mol. The van der Waals surface area contributed by atoms with Gasteiger partial charge in [0.05, 0.1) is 21.3 Å². The molecule has 0 spiro atoms. The van der Waals surface area contributed by atoms with E-state index < -0.39 is 0 Å². The van der Waals surface area contributed by atoms with Gasteiger partial charge in [-0.3, -0.25) is 14.5 Å². The summed E-state index contributed by atoms with van der Waals surface area (Å²) in [7, 11) is 10.4. The van der Waals surface area contributed by atoms with Crippen molar-refractivity contribution in [3.8, 4) is 0 Å². The molecule has 0 radical (unpaired) electrons. The molecule has 31 nitrogen and oxygen atoms in total. The van der Waals surface area contributed by atoms with Gasteiger partial charge in [0.15, 0.2) is 0 Å². The van der Waals surface area contributed by atoms with Crippen LogP contribution in [0.4, 0.5) is 53.5 Å². The Morgan fingerprint density at radius 3 is 1.02 bits per heavy atom. The van der Waals surface area contributed by atoms with Crippen LogP contribution in [-0.4, -0.2) is 158 Å². The van der Waals surface area contributed by atoms with E-state index in [4.69, 9.17) is 114 Å². The SMILES string of the molecule is C=C(CC)Nc1nc(NCCC)nc(N(C)OC)n1.CCC(=O)Cl.CCC(C)I.CCCN.CCCNc1nc(N)nc(Cl)n1.CCCNc1nc(N)nc(N(C)OC)n1.CNOC.Clc1nc(Cl)nc(Cl)n1.Nc1nc(Cl)nc(Cl)n1.[CH2-]CC.[CH2-]CC.[CH3-].[I][V]([I])[I].[I][V]([I])[I].[I][V][I].[Na+].[OH-]. The number of nitrogens with two attached hydrogens (primary N) is 4. The minimum Gasteiger partial charge on any atom is -0.870 e. The molecule has 5 aromatic heterocycles. The number of allylic oxidation sites excluding steroid dienone is 1. The number of carbonyl (C=O) groups excluding carboxylic acids is 1. The molecule has 0 saturated heterocycles. The first-order chi connectivity index (χ1) is 46.4. The molecule has 14 N–H and O–H groups in total. The number of nitrogens with one attached hydrogen (secondary N) is 5. The largest absolute Gasteiger partial charge is 1.00 e. The molecule has 5 rings (SSSR count). The van der Waals surface area contributed by atoms with Crippen molar-refractivity contribution in [2.75, 3.05) is 117 Å². The number of halogens is 16. The summed E-state index contributed by atoms with van der Waals surface area (Å²) in [5.74, 6) is 3.00. The minimum atomic E-state index is -0.278. The van der Waals surface area contributed by atoms with Gasteiger partial charge in [-0.1, -0.05) is 98.4 Å². The molecular formula is C51H98Cl7I9N26NaO5V3-3. The van der Waals surface area contributed by atoms with Crippen molar-refractivity contribution in [3.05, 3.63) is 65.3 Å². The van der Waals surface area contributed by atoms with Crippen LogP contribution in [0.15, 0.2) is 12.3 Å². The number of rotatable bonds is 20. The van der Waals surface area contributed by atoms with Gasteiger partial charge in [0.1, 0.15) is 0 Å². The summed E-state index contributed by atoms with van der Waals surface area (Å²) in [4.78, 5) is 80.2. The number of alkyl halides is 1. The Labute approximate surface area is 782 Å². The van der Waals surface area contributed by atoms with E-state index >= 15 is 0 Å². The van der Waals surface area contributed by atoms with Crippen LogP contribution < -0.4 is 89.4 Å². The average Bonchev–Trinajstić information content (AvgIpc) is 0.867. The van der Waals surface area contributed by atoms with E-state index in [0.717, 1.165) is 80.7 Å². The van der Waals surface area contributed by atoms with Crippen LogP contribution in [0.25, 0.3) is 0 Å². The zero-order chi connectivity index (χ0) is 78.9. The van der Waals surface area contributed by atoms with Crippen LogP contribution >= 0.6 is 264 Å². The van der Waals surface area contributed by atoms with Crippen LogP contribution in [0.2, 0.25) is 31.7 Å². The molecule has 5 heterocycles.